The lowest BCUT2D eigenvalue weighted by molar-refractivity contribution is 0.0726. The first-order valence-corrected chi connectivity index (χ1v) is 8.75. The Morgan fingerprint density at radius 1 is 1.16 bits per heavy atom. The van der Waals surface area contributed by atoms with Crippen molar-refractivity contribution in [2.24, 2.45) is 0 Å². The second-order valence-corrected chi connectivity index (χ2v) is 6.61. The number of aromatic nitrogens is 2. The molecule has 2 heterocycles. The third-order valence-corrected chi connectivity index (χ3v) is 4.79. The van der Waals surface area contributed by atoms with Crippen molar-refractivity contribution in [2.45, 2.75) is 19.4 Å². The van der Waals surface area contributed by atoms with Crippen LogP contribution >= 0.6 is 0 Å². The zero-order valence-corrected chi connectivity index (χ0v) is 14.6. The first-order valence-electron chi connectivity index (χ1n) is 8.75. The van der Waals surface area contributed by atoms with E-state index < -0.39 is 6.10 Å². The largest absolute Gasteiger partial charge is 0.387 e. The SMILES string of the molecule is Cc1cc(F)ccc1C(O)CN1CCN(CCc2cnccn2)CC1. The molecule has 5 nitrogen and oxygen atoms in total. The van der Waals surface area contributed by atoms with Crippen molar-refractivity contribution >= 4 is 0 Å². The maximum atomic E-state index is 13.2. The van der Waals surface area contributed by atoms with Gasteiger partial charge >= 0.3 is 0 Å². The molecule has 134 valence electrons. The Morgan fingerprint density at radius 3 is 2.60 bits per heavy atom. The molecule has 2 aromatic rings. The van der Waals surface area contributed by atoms with Gasteiger partial charge in [0, 0.05) is 64.3 Å². The van der Waals surface area contributed by atoms with Crippen LogP contribution in [0.25, 0.3) is 0 Å². The summed E-state index contributed by atoms with van der Waals surface area (Å²) in [6.45, 7) is 7.23. The Labute approximate surface area is 148 Å². The Morgan fingerprint density at radius 2 is 1.92 bits per heavy atom. The highest BCUT2D eigenvalue weighted by Gasteiger charge is 2.20. The molecule has 1 fully saturated rings. The lowest BCUT2D eigenvalue weighted by Gasteiger charge is -2.35. The van der Waals surface area contributed by atoms with Gasteiger partial charge in [0.1, 0.15) is 5.82 Å². The van der Waals surface area contributed by atoms with Crippen LogP contribution in [0.5, 0.6) is 0 Å². The van der Waals surface area contributed by atoms with Gasteiger partial charge in [-0.2, -0.15) is 0 Å². The molecule has 1 saturated heterocycles. The van der Waals surface area contributed by atoms with Gasteiger partial charge in [0.2, 0.25) is 0 Å². The van der Waals surface area contributed by atoms with Crippen LogP contribution in [0.4, 0.5) is 4.39 Å². The predicted molar refractivity (Wildman–Crippen MR) is 94.7 cm³/mol. The highest BCUT2D eigenvalue weighted by Crippen LogP contribution is 2.20. The monoisotopic (exact) mass is 344 g/mol. The standard InChI is InChI=1S/C19H25FN4O/c1-15-12-16(20)2-3-18(15)19(25)14-24-10-8-23(9-11-24)7-4-17-13-21-5-6-22-17/h2-3,5-6,12-13,19,25H,4,7-11,14H2,1H3. The van der Waals surface area contributed by atoms with Crippen LogP contribution in [-0.4, -0.2) is 64.1 Å². The summed E-state index contributed by atoms with van der Waals surface area (Å²) < 4.78 is 13.2. The number of nitrogens with zero attached hydrogens (tertiary/aromatic N) is 4. The van der Waals surface area contributed by atoms with E-state index in [0.29, 0.717) is 6.54 Å². The maximum Gasteiger partial charge on any atom is 0.123 e. The number of β-amino-alcohol motifs (C(OH)–C–C–N with tert-alkyl or cyclic N) is 1. The fourth-order valence-electron chi connectivity index (χ4n) is 3.28. The number of piperazine rings is 1. The molecule has 0 amide bonds. The van der Waals surface area contributed by atoms with Crippen molar-refractivity contribution in [1.82, 2.24) is 19.8 Å². The number of hydrogen-bond donors (Lipinski definition) is 1. The molecule has 1 aromatic carbocycles. The maximum absolute atomic E-state index is 13.2. The van der Waals surface area contributed by atoms with Crippen molar-refractivity contribution in [3.63, 3.8) is 0 Å². The molecule has 1 unspecified atom stereocenters. The van der Waals surface area contributed by atoms with Crippen molar-refractivity contribution < 1.29 is 9.50 Å². The molecule has 1 aliphatic heterocycles. The molecule has 3 rings (SSSR count). The summed E-state index contributed by atoms with van der Waals surface area (Å²) >= 11 is 0. The molecule has 0 aliphatic carbocycles. The highest BCUT2D eigenvalue weighted by molar-refractivity contribution is 5.28. The minimum atomic E-state index is -0.577. The molecule has 0 radical (unpaired) electrons. The zero-order chi connectivity index (χ0) is 17.6. The van der Waals surface area contributed by atoms with Crippen molar-refractivity contribution in [3.8, 4) is 0 Å². The Balaban J connectivity index is 1.44. The molecule has 0 saturated carbocycles. The number of aliphatic hydroxyl groups is 1. The molecule has 6 heteroatoms. The predicted octanol–water partition coefficient (Wildman–Crippen LogP) is 1.82. The molecule has 1 aliphatic rings. The number of aryl methyl sites for hydroxylation is 1. The van der Waals surface area contributed by atoms with E-state index in [2.05, 4.69) is 19.8 Å². The highest BCUT2D eigenvalue weighted by atomic mass is 19.1. The van der Waals surface area contributed by atoms with Crippen LogP contribution in [0, 0.1) is 12.7 Å². The lowest BCUT2D eigenvalue weighted by atomic mass is 10.0. The van der Waals surface area contributed by atoms with Gasteiger partial charge in [0.15, 0.2) is 0 Å². The van der Waals surface area contributed by atoms with E-state index in [0.717, 1.165) is 56.0 Å². The van der Waals surface area contributed by atoms with Gasteiger partial charge < -0.3 is 10.0 Å². The van der Waals surface area contributed by atoms with Gasteiger partial charge in [0.05, 0.1) is 11.8 Å². The van der Waals surface area contributed by atoms with Gasteiger partial charge in [-0.05, 0) is 30.2 Å². The molecule has 25 heavy (non-hydrogen) atoms. The van der Waals surface area contributed by atoms with E-state index in [1.165, 1.54) is 12.1 Å². The van der Waals surface area contributed by atoms with Gasteiger partial charge in [-0.1, -0.05) is 6.07 Å². The van der Waals surface area contributed by atoms with Crippen LogP contribution < -0.4 is 0 Å². The van der Waals surface area contributed by atoms with Gasteiger partial charge in [-0.15, -0.1) is 0 Å². The quantitative estimate of drug-likeness (QED) is 0.866. The summed E-state index contributed by atoms with van der Waals surface area (Å²) in [5.74, 6) is -0.259. The van der Waals surface area contributed by atoms with Crippen molar-refractivity contribution in [2.75, 3.05) is 39.3 Å². The molecule has 1 aromatic heterocycles. The second-order valence-electron chi connectivity index (χ2n) is 6.61. The van der Waals surface area contributed by atoms with Crippen LogP contribution in [0.3, 0.4) is 0 Å². The van der Waals surface area contributed by atoms with Gasteiger partial charge in [-0.3, -0.25) is 14.9 Å². The molecular weight excluding hydrogens is 319 g/mol. The first kappa shape index (κ1) is 17.9. The minimum Gasteiger partial charge on any atom is -0.387 e. The topological polar surface area (TPSA) is 52.5 Å². The summed E-state index contributed by atoms with van der Waals surface area (Å²) in [7, 11) is 0. The first-order chi connectivity index (χ1) is 12.1. The summed E-state index contributed by atoms with van der Waals surface area (Å²) in [5, 5.41) is 10.5. The number of halogens is 1. The molecule has 0 spiro atoms. The van der Waals surface area contributed by atoms with E-state index in [1.54, 1.807) is 18.5 Å². The summed E-state index contributed by atoms with van der Waals surface area (Å²) in [6.07, 6.45) is 5.57. The Kier molecular flexibility index (Phi) is 6.07. The van der Waals surface area contributed by atoms with Gasteiger partial charge in [-0.25, -0.2) is 4.39 Å². The van der Waals surface area contributed by atoms with E-state index in [-0.39, 0.29) is 5.82 Å². The third-order valence-electron chi connectivity index (χ3n) is 4.79. The summed E-state index contributed by atoms with van der Waals surface area (Å²) in [4.78, 5) is 13.1. The Bertz CT molecular complexity index is 674. The molecule has 1 N–H and O–H groups in total. The normalized spacial score (nSPS) is 17.6. The smallest absolute Gasteiger partial charge is 0.123 e. The van der Waals surface area contributed by atoms with Crippen LogP contribution in [0.15, 0.2) is 36.8 Å². The number of aliphatic hydroxyl groups excluding tert-OH is 1. The van der Waals surface area contributed by atoms with E-state index in [9.17, 15) is 9.50 Å². The van der Waals surface area contributed by atoms with E-state index >= 15 is 0 Å². The van der Waals surface area contributed by atoms with E-state index in [1.807, 2.05) is 13.1 Å². The van der Waals surface area contributed by atoms with Crippen molar-refractivity contribution in [3.05, 3.63) is 59.4 Å². The third kappa shape index (κ3) is 5.04. The molecule has 0 bridgehead atoms. The molecule has 1 atom stereocenters. The van der Waals surface area contributed by atoms with Gasteiger partial charge in [0.25, 0.3) is 0 Å². The van der Waals surface area contributed by atoms with Crippen molar-refractivity contribution in [1.29, 1.82) is 0 Å². The second kappa shape index (κ2) is 8.47. The number of rotatable bonds is 6. The fourth-order valence-corrected chi connectivity index (χ4v) is 3.28. The van der Waals surface area contributed by atoms with E-state index in [4.69, 9.17) is 0 Å². The fraction of sp³-hybridized carbons (Fsp3) is 0.474. The van der Waals surface area contributed by atoms with Crippen LogP contribution in [-0.2, 0) is 6.42 Å². The lowest BCUT2D eigenvalue weighted by Crippen LogP contribution is -2.48. The average Bonchev–Trinajstić information content (AvgIpc) is 2.62. The van der Waals surface area contributed by atoms with Crippen LogP contribution in [0.1, 0.15) is 22.9 Å². The summed E-state index contributed by atoms with van der Waals surface area (Å²) in [5.41, 5.74) is 2.63. The molecular formula is C19H25FN4O. The average molecular weight is 344 g/mol. The van der Waals surface area contributed by atoms with Crippen LogP contribution in [0.2, 0.25) is 0 Å². The summed E-state index contributed by atoms with van der Waals surface area (Å²) in [6, 6.07) is 4.57. The Hall–Kier alpha value is -1.89. The number of hydrogen-bond acceptors (Lipinski definition) is 5. The minimum absolute atomic E-state index is 0.259. The number of benzene rings is 1. The zero-order valence-electron chi connectivity index (χ0n) is 14.6.